The minimum absolute atomic E-state index is 0. The molecule has 0 atom stereocenters. The van der Waals surface area contributed by atoms with Gasteiger partial charge in [-0.05, 0) is 79.7 Å². The molecule has 0 aliphatic heterocycles. The second kappa shape index (κ2) is 13.2. The van der Waals surface area contributed by atoms with Crippen molar-refractivity contribution in [1.29, 1.82) is 0 Å². The van der Waals surface area contributed by atoms with E-state index in [1.54, 1.807) is 12.4 Å². The SMILES string of the molecule is CC(C)(c1[c-]c(C(C)(C)n2cccn2)ccc1)n1cccn1.CC(C)(c1cccc(C(C)(C)n2[c-]ccc2)n1)n1[c-]ccc1.[Ir+3]. The first-order chi connectivity index (χ1) is 20.8. The van der Waals surface area contributed by atoms with Crippen LogP contribution in [0, 0.1) is 18.5 Å². The average molecular weight is 777 g/mol. The Kier molecular flexibility index (Phi) is 9.91. The van der Waals surface area contributed by atoms with Crippen molar-refractivity contribution in [3.05, 3.63) is 151 Å². The third kappa shape index (κ3) is 6.82. The van der Waals surface area contributed by atoms with E-state index in [2.05, 4.69) is 130 Å². The minimum Gasteiger partial charge on any atom is -0.462 e. The molecule has 234 valence electrons. The minimum atomic E-state index is -0.250. The molecule has 5 aromatic heterocycles. The summed E-state index contributed by atoms with van der Waals surface area (Å²) in [6.45, 7) is 17.2. The summed E-state index contributed by atoms with van der Waals surface area (Å²) in [6, 6.07) is 27.8. The number of rotatable bonds is 8. The zero-order chi connectivity index (χ0) is 31.6. The number of nitrogens with zero attached hydrogens (tertiary/aromatic N) is 7. The van der Waals surface area contributed by atoms with Crippen LogP contribution in [0.3, 0.4) is 0 Å². The Morgan fingerprint density at radius 1 is 0.511 bits per heavy atom. The number of hydrogen-bond acceptors (Lipinski definition) is 3. The predicted molar refractivity (Wildman–Crippen MR) is 174 cm³/mol. The van der Waals surface area contributed by atoms with Gasteiger partial charge in [0.05, 0.1) is 33.5 Å². The molecule has 0 saturated carbocycles. The van der Waals surface area contributed by atoms with Gasteiger partial charge < -0.3 is 9.13 Å². The van der Waals surface area contributed by atoms with Gasteiger partial charge in [-0.2, -0.15) is 58.7 Å². The van der Waals surface area contributed by atoms with Crippen LogP contribution in [0.2, 0.25) is 0 Å². The fourth-order valence-corrected chi connectivity index (χ4v) is 5.28. The molecule has 7 nitrogen and oxygen atoms in total. The van der Waals surface area contributed by atoms with Gasteiger partial charge >= 0.3 is 20.1 Å². The fourth-order valence-electron chi connectivity index (χ4n) is 5.28. The van der Waals surface area contributed by atoms with Gasteiger partial charge in [-0.3, -0.25) is 14.3 Å². The number of pyridine rings is 1. The third-order valence-corrected chi connectivity index (χ3v) is 8.56. The summed E-state index contributed by atoms with van der Waals surface area (Å²) in [7, 11) is 0. The average Bonchev–Trinajstić information content (AvgIpc) is 3.86. The molecule has 0 N–H and O–H groups in total. The largest absolute Gasteiger partial charge is 3.00 e. The molecule has 0 spiro atoms. The zero-order valence-electron chi connectivity index (χ0n) is 27.4. The first-order valence-electron chi connectivity index (χ1n) is 15.0. The van der Waals surface area contributed by atoms with E-state index >= 15 is 0 Å². The molecule has 6 rings (SSSR count). The van der Waals surface area contributed by atoms with E-state index in [4.69, 9.17) is 4.98 Å². The van der Waals surface area contributed by atoms with E-state index in [9.17, 15) is 0 Å². The molecule has 0 bridgehead atoms. The Morgan fingerprint density at radius 2 is 0.933 bits per heavy atom. The molecule has 0 radical (unpaired) electrons. The smallest absolute Gasteiger partial charge is 0.462 e. The van der Waals surface area contributed by atoms with E-state index in [-0.39, 0.29) is 42.3 Å². The molecule has 0 fully saturated rings. The van der Waals surface area contributed by atoms with Crippen molar-refractivity contribution in [2.75, 3.05) is 0 Å². The normalized spacial score (nSPS) is 12.3. The van der Waals surface area contributed by atoms with Gasteiger partial charge in [0.15, 0.2) is 0 Å². The van der Waals surface area contributed by atoms with Crippen molar-refractivity contribution in [3.8, 4) is 0 Å². The van der Waals surface area contributed by atoms with E-state index in [0.29, 0.717) is 0 Å². The Balaban J connectivity index is 0.000000200. The maximum absolute atomic E-state index is 4.95. The summed E-state index contributed by atoms with van der Waals surface area (Å²) in [5, 5.41) is 8.77. The van der Waals surface area contributed by atoms with Crippen LogP contribution in [0.15, 0.2) is 110 Å². The summed E-state index contributed by atoms with van der Waals surface area (Å²) >= 11 is 0. The van der Waals surface area contributed by atoms with Crippen LogP contribution in [0.1, 0.15) is 77.9 Å². The van der Waals surface area contributed by atoms with Crippen LogP contribution in [0.25, 0.3) is 0 Å². The Hall–Kier alpha value is -4.00. The molecule has 0 unspecified atom stereocenters. The third-order valence-electron chi connectivity index (χ3n) is 8.56. The first kappa shape index (κ1) is 33.9. The van der Waals surface area contributed by atoms with Crippen molar-refractivity contribution in [1.82, 2.24) is 33.7 Å². The van der Waals surface area contributed by atoms with E-state index in [1.165, 1.54) is 0 Å². The molecule has 45 heavy (non-hydrogen) atoms. The summed E-state index contributed by atoms with van der Waals surface area (Å²) in [6.07, 6.45) is 18.1. The Morgan fingerprint density at radius 3 is 1.29 bits per heavy atom. The molecular formula is C37H42IrN7. The molecule has 8 heteroatoms. The van der Waals surface area contributed by atoms with Gasteiger partial charge in [-0.25, -0.2) is 0 Å². The Labute approximate surface area is 281 Å². The molecule has 0 amide bonds. The summed E-state index contributed by atoms with van der Waals surface area (Å²) in [4.78, 5) is 4.95. The van der Waals surface area contributed by atoms with Gasteiger partial charge in [-0.1, -0.05) is 6.07 Å². The van der Waals surface area contributed by atoms with Gasteiger partial charge in [0.1, 0.15) is 0 Å². The maximum atomic E-state index is 4.95. The van der Waals surface area contributed by atoms with Crippen LogP contribution in [-0.2, 0) is 42.3 Å². The predicted octanol–water partition coefficient (Wildman–Crippen LogP) is 7.30. The topological polar surface area (TPSA) is 58.4 Å². The summed E-state index contributed by atoms with van der Waals surface area (Å²) in [5.41, 5.74) is 3.28. The van der Waals surface area contributed by atoms with Crippen LogP contribution in [0.5, 0.6) is 0 Å². The van der Waals surface area contributed by atoms with E-state index < -0.39 is 0 Å². The van der Waals surface area contributed by atoms with Crippen molar-refractivity contribution in [2.24, 2.45) is 0 Å². The zero-order valence-corrected chi connectivity index (χ0v) is 29.8. The molecular weight excluding hydrogens is 735 g/mol. The fraction of sp³-hybridized carbons (Fsp3) is 0.324. The molecule has 0 saturated heterocycles. The Bertz CT molecular complexity index is 1490. The quantitative estimate of drug-likeness (QED) is 0.153. The second-order valence-electron chi connectivity index (χ2n) is 13.0. The molecule has 1 aromatic carbocycles. The van der Waals surface area contributed by atoms with E-state index in [0.717, 1.165) is 22.5 Å². The first-order valence-corrected chi connectivity index (χ1v) is 15.0. The van der Waals surface area contributed by atoms with Crippen LogP contribution >= 0.6 is 0 Å². The summed E-state index contributed by atoms with van der Waals surface area (Å²) in [5.74, 6) is 0. The van der Waals surface area contributed by atoms with Gasteiger partial charge in [0, 0.05) is 24.8 Å². The number of aromatic nitrogens is 7. The van der Waals surface area contributed by atoms with Crippen molar-refractivity contribution in [3.63, 3.8) is 0 Å². The van der Waals surface area contributed by atoms with E-state index in [1.807, 2.05) is 70.5 Å². The number of benzene rings is 1. The summed E-state index contributed by atoms with van der Waals surface area (Å²) < 4.78 is 8.05. The molecule has 0 aliphatic carbocycles. The van der Waals surface area contributed by atoms with Crippen molar-refractivity contribution in [2.45, 2.75) is 77.5 Å². The van der Waals surface area contributed by atoms with Crippen LogP contribution in [0.4, 0.5) is 0 Å². The molecule has 0 aliphatic rings. The van der Waals surface area contributed by atoms with Gasteiger partial charge in [0.25, 0.3) is 0 Å². The molecule has 5 heterocycles. The van der Waals surface area contributed by atoms with Gasteiger partial charge in [-0.15, -0.1) is 35.9 Å². The standard InChI is InChI=1S/C19H21N3.C18H21N4.Ir/c1-18(2,21-12-5-6-13-21)16-10-9-11-17(20-16)19(3,4)22-14-7-8-15-22;1-17(2,21-12-6-10-19-21)15-8-5-9-16(14-15)18(3,4)22-13-7-11-20-22;/h5-12,14H,1-4H3;5-13H,1-4H3;/q-2;-1;+3. The second-order valence-corrected chi connectivity index (χ2v) is 13.0. The molecule has 6 aromatic rings. The van der Waals surface area contributed by atoms with Gasteiger partial charge in [0.2, 0.25) is 0 Å². The number of hydrogen-bond donors (Lipinski definition) is 0. The monoisotopic (exact) mass is 777 g/mol. The van der Waals surface area contributed by atoms with Crippen LogP contribution in [-0.4, -0.2) is 33.7 Å². The van der Waals surface area contributed by atoms with Crippen molar-refractivity contribution >= 4 is 0 Å². The maximum Gasteiger partial charge on any atom is 3.00 e. The van der Waals surface area contributed by atoms with Crippen molar-refractivity contribution < 1.29 is 20.1 Å². The van der Waals surface area contributed by atoms with Crippen LogP contribution < -0.4 is 0 Å².